The molecule has 1 aliphatic heterocycles. The number of methoxy groups -OCH3 is 1. The zero-order chi connectivity index (χ0) is 17.9. The fourth-order valence-corrected chi connectivity index (χ4v) is 3.61. The number of furan rings is 1. The Morgan fingerprint density at radius 2 is 2.08 bits per heavy atom. The molecule has 5 heteroatoms. The van der Waals surface area contributed by atoms with Gasteiger partial charge in [-0.05, 0) is 37.1 Å². The lowest BCUT2D eigenvalue weighted by atomic mass is 10.2. The van der Waals surface area contributed by atoms with E-state index in [9.17, 15) is 4.79 Å². The molecule has 0 aliphatic carbocycles. The van der Waals surface area contributed by atoms with Crippen LogP contribution in [0.5, 0.6) is 5.75 Å². The molecule has 0 spiro atoms. The molecule has 4 rings (SSSR count). The van der Waals surface area contributed by atoms with E-state index < -0.39 is 0 Å². The van der Waals surface area contributed by atoms with Crippen LogP contribution in [-0.2, 0) is 0 Å². The number of anilines is 1. The van der Waals surface area contributed by atoms with Crippen LogP contribution in [0.25, 0.3) is 11.0 Å². The van der Waals surface area contributed by atoms with Crippen LogP contribution < -0.4 is 15.0 Å². The lowest BCUT2D eigenvalue weighted by Crippen LogP contribution is -2.40. The Kier molecular flexibility index (Phi) is 4.52. The van der Waals surface area contributed by atoms with Crippen molar-refractivity contribution >= 4 is 22.6 Å². The average molecular weight is 350 g/mol. The molecule has 1 aliphatic rings. The molecule has 0 bridgehead atoms. The van der Waals surface area contributed by atoms with Gasteiger partial charge in [-0.15, -0.1) is 0 Å². The first-order valence-electron chi connectivity index (χ1n) is 8.92. The average Bonchev–Trinajstić information content (AvgIpc) is 3.33. The number of hydrogen-bond donors (Lipinski definition) is 1. The molecule has 1 N–H and O–H groups in total. The summed E-state index contributed by atoms with van der Waals surface area (Å²) in [6.45, 7) is 1.62. The van der Waals surface area contributed by atoms with Gasteiger partial charge in [0.25, 0.3) is 5.91 Å². The summed E-state index contributed by atoms with van der Waals surface area (Å²) in [6.07, 6.45) is 2.21. The number of carbonyl (C=O) groups is 1. The van der Waals surface area contributed by atoms with E-state index in [0.717, 1.165) is 24.8 Å². The van der Waals surface area contributed by atoms with Crippen molar-refractivity contribution in [2.75, 3.05) is 25.1 Å². The first-order chi connectivity index (χ1) is 12.8. The number of nitrogens with one attached hydrogen (secondary N) is 1. The van der Waals surface area contributed by atoms with E-state index >= 15 is 0 Å². The van der Waals surface area contributed by atoms with Crippen molar-refractivity contribution in [2.24, 2.45) is 0 Å². The molecule has 1 fully saturated rings. The zero-order valence-corrected chi connectivity index (χ0v) is 14.8. The van der Waals surface area contributed by atoms with E-state index in [-0.39, 0.29) is 5.91 Å². The third-order valence-corrected chi connectivity index (χ3v) is 4.91. The first-order valence-corrected chi connectivity index (χ1v) is 8.92. The SMILES string of the molecule is COc1cccc2cc(C(=O)NC[C@H]3CCCN3c3ccccc3)oc12. The zero-order valence-electron chi connectivity index (χ0n) is 14.8. The molecule has 1 aromatic heterocycles. The second kappa shape index (κ2) is 7.12. The van der Waals surface area contributed by atoms with Gasteiger partial charge < -0.3 is 19.4 Å². The van der Waals surface area contributed by atoms with Crippen LogP contribution in [0.1, 0.15) is 23.4 Å². The van der Waals surface area contributed by atoms with Gasteiger partial charge in [0.2, 0.25) is 0 Å². The van der Waals surface area contributed by atoms with Gasteiger partial charge in [0.15, 0.2) is 17.1 Å². The quantitative estimate of drug-likeness (QED) is 0.760. The van der Waals surface area contributed by atoms with Gasteiger partial charge in [0.1, 0.15) is 0 Å². The topological polar surface area (TPSA) is 54.7 Å². The van der Waals surface area contributed by atoms with Crippen molar-refractivity contribution in [3.05, 3.63) is 60.4 Å². The van der Waals surface area contributed by atoms with Gasteiger partial charge in [-0.2, -0.15) is 0 Å². The highest BCUT2D eigenvalue weighted by Crippen LogP contribution is 2.29. The maximum absolute atomic E-state index is 12.5. The Hall–Kier alpha value is -2.95. The van der Waals surface area contributed by atoms with Gasteiger partial charge in [-0.1, -0.05) is 30.3 Å². The Bertz CT molecular complexity index is 904. The van der Waals surface area contributed by atoms with Crippen LogP contribution >= 0.6 is 0 Å². The summed E-state index contributed by atoms with van der Waals surface area (Å²) in [4.78, 5) is 14.9. The maximum Gasteiger partial charge on any atom is 0.287 e. The maximum atomic E-state index is 12.5. The summed E-state index contributed by atoms with van der Waals surface area (Å²) in [7, 11) is 1.59. The number of benzene rings is 2. The molecule has 2 heterocycles. The predicted octanol–water partition coefficient (Wildman–Crippen LogP) is 3.84. The van der Waals surface area contributed by atoms with Gasteiger partial charge in [-0.25, -0.2) is 0 Å². The molecule has 0 unspecified atom stereocenters. The van der Waals surface area contributed by atoms with Crippen LogP contribution in [0.15, 0.2) is 59.0 Å². The Labute approximate surface area is 152 Å². The molecule has 2 aromatic carbocycles. The Morgan fingerprint density at radius 1 is 1.23 bits per heavy atom. The van der Waals surface area contributed by atoms with Crippen molar-refractivity contribution < 1.29 is 13.9 Å². The largest absolute Gasteiger partial charge is 0.493 e. The summed E-state index contributed by atoms with van der Waals surface area (Å²) in [5, 5.41) is 3.89. The van der Waals surface area contributed by atoms with Crippen molar-refractivity contribution in [1.29, 1.82) is 0 Å². The molecule has 1 saturated heterocycles. The minimum absolute atomic E-state index is 0.192. The summed E-state index contributed by atoms with van der Waals surface area (Å²) < 4.78 is 11.0. The molecular formula is C21H22N2O3. The summed E-state index contributed by atoms with van der Waals surface area (Å²) in [5.41, 5.74) is 1.81. The lowest BCUT2D eigenvalue weighted by Gasteiger charge is -2.26. The molecule has 0 saturated carbocycles. The number of amides is 1. The summed E-state index contributed by atoms with van der Waals surface area (Å²) in [5.74, 6) is 0.754. The van der Waals surface area contributed by atoms with Crippen molar-refractivity contribution in [1.82, 2.24) is 5.32 Å². The predicted molar refractivity (Wildman–Crippen MR) is 102 cm³/mol. The van der Waals surface area contributed by atoms with Gasteiger partial charge in [0.05, 0.1) is 7.11 Å². The van der Waals surface area contributed by atoms with E-state index in [1.54, 1.807) is 13.2 Å². The Balaban J connectivity index is 1.45. The number of carbonyl (C=O) groups excluding carboxylic acids is 1. The monoisotopic (exact) mass is 350 g/mol. The number of fused-ring (bicyclic) bond motifs is 1. The molecule has 0 radical (unpaired) electrons. The third kappa shape index (κ3) is 3.12. The highest BCUT2D eigenvalue weighted by Gasteiger charge is 2.25. The van der Waals surface area contributed by atoms with Crippen molar-refractivity contribution in [3.63, 3.8) is 0 Å². The molecule has 26 heavy (non-hydrogen) atoms. The number of ether oxygens (including phenoxy) is 1. The normalized spacial score (nSPS) is 16.8. The van der Waals surface area contributed by atoms with Crippen molar-refractivity contribution in [2.45, 2.75) is 18.9 Å². The summed E-state index contributed by atoms with van der Waals surface area (Å²) in [6, 6.07) is 18.0. The summed E-state index contributed by atoms with van der Waals surface area (Å²) >= 11 is 0. The third-order valence-electron chi connectivity index (χ3n) is 4.91. The number of nitrogens with zero attached hydrogens (tertiary/aromatic N) is 1. The molecule has 3 aromatic rings. The van der Waals surface area contributed by atoms with Crippen LogP contribution in [0.2, 0.25) is 0 Å². The first kappa shape index (κ1) is 16.5. The van der Waals surface area contributed by atoms with E-state index in [4.69, 9.17) is 9.15 Å². The molecule has 1 atom stereocenters. The standard InChI is InChI=1S/C21H22N2O3/c1-25-18-11-5-7-15-13-19(26-20(15)18)21(24)22-14-17-10-6-12-23(17)16-8-3-2-4-9-16/h2-5,7-9,11,13,17H,6,10,12,14H2,1H3,(H,22,24)/t17-/m1/s1. The van der Waals surface area contributed by atoms with Gasteiger partial charge in [-0.3, -0.25) is 4.79 Å². The van der Waals surface area contributed by atoms with Crippen LogP contribution in [-0.4, -0.2) is 32.1 Å². The molecule has 134 valence electrons. The number of hydrogen-bond acceptors (Lipinski definition) is 4. The van der Waals surface area contributed by atoms with Crippen LogP contribution in [0, 0.1) is 0 Å². The fourth-order valence-electron chi connectivity index (χ4n) is 3.61. The fraction of sp³-hybridized carbons (Fsp3) is 0.286. The second-order valence-corrected chi connectivity index (χ2v) is 6.52. The molecular weight excluding hydrogens is 328 g/mol. The van der Waals surface area contributed by atoms with E-state index in [0.29, 0.717) is 29.7 Å². The Morgan fingerprint density at radius 3 is 2.88 bits per heavy atom. The highest BCUT2D eigenvalue weighted by atomic mass is 16.5. The molecule has 1 amide bonds. The smallest absolute Gasteiger partial charge is 0.287 e. The van der Waals surface area contributed by atoms with E-state index in [2.05, 4.69) is 22.3 Å². The van der Waals surface area contributed by atoms with Crippen molar-refractivity contribution in [3.8, 4) is 5.75 Å². The number of para-hydroxylation sites is 2. The van der Waals surface area contributed by atoms with Gasteiger partial charge >= 0.3 is 0 Å². The van der Waals surface area contributed by atoms with Crippen LogP contribution in [0.4, 0.5) is 5.69 Å². The van der Waals surface area contributed by atoms with Gasteiger partial charge in [0, 0.05) is 30.2 Å². The minimum Gasteiger partial charge on any atom is -0.493 e. The minimum atomic E-state index is -0.192. The van der Waals surface area contributed by atoms with E-state index in [1.165, 1.54) is 5.69 Å². The van der Waals surface area contributed by atoms with Crippen LogP contribution in [0.3, 0.4) is 0 Å². The van der Waals surface area contributed by atoms with E-state index in [1.807, 2.05) is 36.4 Å². The highest BCUT2D eigenvalue weighted by molar-refractivity contribution is 5.97. The number of rotatable bonds is 5. The molecule has 5 nitrogen and oxygen atoms in total. The lowest BCUT2D eigenvalue weighted by molar-refractivity contribution is 0.0925. The second-order valence-electron chi connectivity index (χ2n) is 6.52.